The lowest BCUT2D eigenvalue weighted by Gasteiger charge is -2.01. The molecule has 0 bridgehead atoms. The molecule has 2 heterocycles. The lowest BCUT2D eigenvalue weighted by molar-refractivity contribution is 0.396. The van der Waals surface area contributed by atoms with Gasteiger partial charge in [-0.2, -0.15) is 10.1 Å². The van der Waals surface area contributed by atoms with E-state index in [9.17, 15) is 0 Å². The summed E-state index contributed by atoms with van der Waals surface area (Å²) in [5.41, 5.74) is 0.649. The van der Waals surface area contributed by atoms with Gasteiger partial charge in [0.15, 0.2) is 5.82 Å². The minimum absolute atomic E-state index is 0.511. The Hall–Kier alpha value is -1.98. The molecule has 0 radical (unpaired) electrons. The summed E-state index contributed by atoms with van der Waals surface area (Å²) >= 11 is 0. The zero-order valence-corrected chi connectivity index (χ0v) is 7.85. The van der Waals surface area contributed by atoms with Crippen LogP contribution in [0.3, 0.4) is 0 Å². The number of nitrogens with one attached hydrogen (secondary N) is 1. The van der Waals surface area contributed by atoms with Crippen LogP contribution in [0.5, 0.6) is 5.88 Å². The molecule has 0 saturated carbocycles. The first-order valence-electron chi connectivity index (χ1n) is 4.05. The van der Waals surface area contributed by atoms with Crippen LogP contribution in [0.2, 0.25) is 0 Å². The number of hydrogen-bond donors (Lipinski definition) is 1. The second-order valence-electron chi connectivity index (χ2n) is 2.67. The third-order valence-corrected chi connectivity index (χ3v) is 1.67. The van der Waals surface area contributed by atoms with E-state index in [0.29, 0.717) is 23.2 Å². The van der Waals surface area contributed by atoms with Crippen LogP contribution in [-0.4, -0.2) is 32.3 Å². The van der Waals surface area contributed by atoms with E-state index < -0.39 is 0 Å². The monoisotopic (exact) mass is 191 g/mol. The van der Waals surface area contributed by atoms with Gasteiger partial charge in [0, 0.05) is 6.07 Å². The molecule has 0 amide bonds. The number of hydrogen-bond acceptors (Lipinski definition) is 5. The molecule has 14 heavy (non-hydrogen) atoms. The summed E-state index contributed by atoms with van der Waals surface area (Å²) in [5, 5.41) is 6.54. The molecule has 2 aromatic rings. The predicted molar refractivity (Wildman–Crippen MR) is 48.7 cm³/mol. The van der Waals surface area contributed by atoms with Crippen molar-refractivity contribution in [2.24, 2.45) is 0 Å². The van der Waals surface area contributed by atoms with Crippen LogP contribution in [0, 0.1) is 6.92 Å². The van der Waals surface area contributed by atoms with Crippen molar-refractivity contribution < 1.29 is 4.74 Å². The van der Waals surface area contributed by atoms with E-state index in [1.807, 2.05) is 0 Å². The molecule has 6 nitrogen and oxygen atoms in total. The predicted octanol–water partition coefficient (Wildman–Crippen LogP) is 0.579. The Balaban J connectivity index is 2.48. The van der Waals surface area contributed by atoms with Gasteiger partial charge < -0.3 is 4.74 Å². The van der Waals surface area contributed by atoms with Gasteiger partial charge in [-0.15, -0.1) is 0 Å². The number of aromatic nitrogens is 5. The van der Waals surface area contributed by atoms with Gasteiger partial charge in [-0.1, -0.05) is 0 Å². The Bertz CT molecular complexity index is 425. The Morgan fingerprint density at radius 1 is 1.36 bits per heavy atom. The Kier molecular flexibility index (Phi) is 2.10. The second-order valence-corrected chi connectivity index (χ2v) is 2.67. The number of aryl methyl sites for hydroxylation is 1. The first kappa shape index (κ1) is 8.61. The number of methoxy groups -OCH3 is 1. The van der Waals surface area contributed by atoms with Crippen LogP contribution in [0.15, 0.2) is 12.4 Å². The van der Waals surface area contributed by atoms with E-state index in [4.69, 9.17) is 4.74 Å². The van der Waals surface area contributed by atoms with Crippen LogP contribution in [-0.2, 0) is 0 Å². The zero-order valence-electron chi connectivity index (χ0n) is 7.85. The smallest absolute Gasteiger partial charge is 0.217 e. The molecule has 0 aliphatic rings. The third kappa shape index (κ3) is 1.54. The molecule has 6 heteroatoms. The molecule has 0 spiro atoms. The summed E-state index contributed by atoms with van der Waals surface area (Å²) < 4.78 is 5.02. The second kappa shape index (κ2) is 3.41. The van der Waals surface area contributed by atoms with Gasteiger partial charge >= 0.3 is 0 Å². The fourth-order valence-electron chi connectivity index (χ4n) is 1.09. The Morgan fingerprint density at radius 2 is 2.21 bits per heavy atom. The minimum atomic E-state index is 0.511. The van der Waals surface area contributed by atoms with Crippen LogP contribution >= 0.6 is 0 Å². The van der Waals surface area contributed by atoms with Crippen LogP contribution in [0.25, 0.3) is 11.5 Å². The van der Waals surface area contributed by atoms with Crippen LogP contribution < -0.4 is 4.74 Å². The maximum Gasteiger partial charge on any atom is 0.217 e. The highest BCUT2D eigenvalue weighted by Gasteiger charge is 2.06. The molecule has 0 saturated heterocycles. The summed E-state index contributed by atoms with van der Waals surface area (Å²) in [4.78, 5) is 12.2. The molecular formula is C8H9N5O. The van der Waals surface area contributed by atoms with Crippen molar-refractivity contribution in [1.29, 1.82) is 0 Å². The van der Waals surface area contributed by atoms with E-state index in [0.717, 1.165) is 0 Å². The van der Waals surface area contributed by atoms with E-state index in [-0.39, 0.29) is 0 Å². The van der Waals surface area contributed by atoms with E-state index >= 15 is 0 Å². The quantitative estimate of drug-likeness (QED) is 0.751. The molecule has 2 aromatic heterocycles. The third-order valence-electron chi connectivity index (χ3n) is 1.67. The maximum atomic E-state index is 5.02. The molecule has 72 valence electrons. The summed E-state index contributed by atoms with van der Waals surface area (Å²) in [6.45, 7) is 1.79. The molecule has 0 unspecified atom stereocenters. The van der Waals surface area contributed by atoms with Crippen LogP contribution in [0.1, 0.15) is 5.82 Å². The summed E-state index contributed by atoms with van der Waals surface area (Å²) in [7, 11) is 1.56. The highest BCUT2D eigenvalue weighted by Crippen LogP contribution is 2.15. The number of rotatable bonds is 2. The number of H-pyrrole nitrogens is 1. The average Bonchev–Trinajstić information content (AvgIpc) is 2.69. The highest BCUT2D eigenvalue weighted by molar-refractivity contribution is 5.49. The fraction of sp³-hybridized carbons (Fsp3) is 0.250. The SMILES string of the molecule is COc1cc(-c2nc[nH]n2)nc(C)n1. The van der Waals surface area contributed by atoms with Gasteiger partial charge in [0.2, 0.25) is 5.88 Å². The number of nitrogens with zero attached hydrogens (tertiary/aromatic N) is 4. The molecule has 0 atom stereocenters. The summed E-state index contributed by atoms with van der Waals surface area (Å²) in [6.07, 6.45) is 1.50. The topological polar surface area (TPSA) is 76.6 Å². The van der Waals surface area contributed by atoms with Gasteiger partial charge in [-0.25, -0.2) is 9.97 Å². The van der Waals surface area contributed by atoms with Gasteiger partial charge in [-0.05, 0) is 6.92 Å². The maximum absolute atomic E-state index is 5.02. The Labute approximate surface area is 80.4 Å². The lowest BCUT2D eigenvalue weighted by atomic mass is 10.4. The van der Waals surface area contributed by atoms with Crippen molar-refractivity contribution in [3.63, 3.8) is 0 Å². The van der Waals surface area contributed by atoms with Crippen molar-refractivity contribution >= 4 is 0 Å². The summed E-state index contributed by atoms with van der Waals surface area (Å²) in [5.74, 6) is 1.68. The molecule has 2 rings (SSSR count). The largest absolute Gasteiger partial charge is 0.481 e. The normalized spacial score (nSPS) is 10.1. The first-order valence-corrected chi connectivity index (χ1v) is 4.05. The molecule has 0 aliphatic heterocycles. The molecule has 0 fully saturated rings. The van der Waals surface area contributed by atoms with Gasteiger partial charge in [-0.3, -0.25) is 5.10 Å². The van der Waals surface area contributed by atoms with Crippen molar-refractivity contribution in [3.8, 4) is 17.4 Å². The van der Waals surface area contributed by atoms with Gasteiger partial charge in [0.05, 0.1) is 7.11 Å². The molecule has 0 aliphatic carbocycles. The van der Waals surface area contributed by atoms with Crippen LogP contribution in [0.4, 0.5) is 0 Å². The number of ether oxygens (including phenoxy) is 1. The first-order chi connectivity index (χ1) is 6.79. The van der Waals surface area contributed by atoms with E-state index in [1.54, 1.807) is 20.1 Å². The van der Waals surface area contributed by atoms with E-state index in [1.165, 1.54) is 6.33 Å². The van der Waals surface area contributed by atoms with Crippen molar-refractivity contribution in [1.82, 2.24) is 25.1 Å². The standard InChI is InChI=1S/C8H9N5O/c1-5-11-6(3-7(12-5)14-2)8-9-4-10-13-8/h3-4H,1-2H3,(H,9,10,13). The van der Waals surface area contributed by atoms with E-state index in [2.05, 4.69) is 25.1 Å². The Morgan fingerprint density at radius 3 is 2.86 bits per heavy atom. The van der Waals surface area contributed by atoms with Gasteiger partial charge in [0.1, 0.15) is 17.8 Å². The van der Waals surface area contributed by atoms with Crippen molar-refractivity contribution in [2.75, 3.05) is 7.11 Å². The fourth-order valence-corrected chi connectivity index (χ4v) is 1.09. The highest BCUT2D eigenvalue weighted by atomic mass is 16.5. The zero-order chi connectivity index (χ0) is 9.97. The lowest BCUT2D eigenvalue weighted by Crippen LogP contribution is -1.96. The number of aromatic amines is 1. The minimum Gasteiger partial charge on any atom is -0.481 e. The van der Waals surface area contributed by atoms with Crippen molar-refractivity contribution in [2.45, 2.75) is 6.92 Å². The van der Waals surface area contributed by atoms with Gasteiger partial charge in [0.25, 0.3) is 0 Å². The van der Waals surface area contributed by atoms with Crippen molar-refractivity contribution in [3.05, 3.63) is 18.2 Å². The molecular weight excluding hydrogens is 182 g/mol. The molecule has 0 aromatic carbocycles. The average molecular weight is 191 g/mol. The molecule has 1 N–H and O–H groups in total. The summed E-state index contributed by atoms with van der Waals surface area (Å²) in [6, 6.07) is 1.69.